The Balaban J connectivity index is 1.44. The summed E-state index contributed by atoms with van der Waals surface area (Å²) in [7, 11) is 0. The molecule has 1 aliphatic heterocycles. The summed E-state index contributed by atoms with van der Waals surface area (Å²) >= 11 is 0. The van der Waals surface area contributed by atoms with Crippen LogP contribution in [0.2, 0.25) is 0 Å². The van der Waals surface area contributed by atoms with Gasteiger partial charge in [0.15, 0.2) is 0 Å². The Kier molecular flexibility index (Phi) is 3.79. The SMILES string of the molecule is O=C(O)[C@@H]1[C@H]2CCC[C@H]2CN1C(=O)CCc1ccc2[nH]ccc2c1. The second-order valence-electron chi connectivity index (χ2n) is 7.08. The molecule has 2 N–H and O–H groups in total. The number of carboxylic acid groups (broad SMARTS) is 1. The monoisotopic (exact) mass is 326 g/mol. The number of nitrogens with one attached hydrogen (secondary N) is 1. The van der Waals surface area contributed by atoms with E-state index in [2.05, 4.69) is 11.1 Å². The molecule has 0 unspecified atom stereocenters. The first-order valence-electron chi connectivity index (χ1n) is 8.72. The summed E-state index contributed by atoms with van der Waals surface area (Å²) in [4.78, 5) is 29.1. The van der Waals surface area contributed by atoms with Gasteiger partial charge in [0.1, 0.15) is 6.04 Å². The number of aromatic nitrogens is 1. The number of rotatable bonds is 4. The smallest absolute Gasteiger partial charge is 0.326 e. The zero-order valence-electron chi connectivity index (χ0n) is 13.6. The summed E-state index contributed by atoms with van der Waals surface area (Å²) in [6.07, 6.45) is 6.02. The molecule has 1 amide bonds. The molecule has 1 saturated carbocycles. The quantitative estimate of drug-likeness (QED) is 0.907. The van der Waals surface area contributed by atoms with Crippen LogP contribution in [0.25, 0.3) is 10.9 Å². The molecule has 3 atom stereocenters. The van der Waals surface area contributed by atoms with Crippen LogP contribution in [0.5, 0.6) is 0 Å². The van der Waals surface area contributed by atoms with E-state index in [-0.39, 0.29) is 11.8 Å². The molecule has 2 aromatic rings. The van der Waals surface area contributed by atoms with Crippen LogP contribution in [0.3, 0.4) is 0 Å². The van der Waals surface area contributed by atoms with E-state index < -0.39 is 12.0 Å². The first kappa shape index (κ1) is 15.2. The lowest BCUT2D eigenvalue weighted by Gasteiger charge is -2.24. The van der Waals surface area contributed by atoms with Crippen LogP contribution in [0.15, 0.2) is 30.5 Å². The first-order valence-corrected chi connectivity index (χ1v) is 8.72. The van der Waals surface area contributed by atoms with Crippen LogP contribution in [0, 0.1) is 11.8 Å². The Bertz CT molecular complexity index is 782. The number of aryl methyl sites for hydroxylation is 1. The van der Waals surface area contributed by atoms with E-state index in [1.165, 1.54) is 0 Å². The van der Waals surface area contributed by atoms with Gasteiger partial charge < -0.3 is 15.0 Å². The van der Waals surface area contributed by atoms with Gasteiger partial charge in [-0.3, -0.25) is 4.79 Å². The van der Waals surface area contributed by atoms with E-state index in [0.717, 1.165) is 35.7 Å². The molecule has 2 fully saturated rings. The van der Waals surface area contributed by atoms with Gasteiger partial charge in [0, 0.05) is 24.7 Å². The number of aromatic amines is 1. The van der Waals surface area contributed by atoms with Crippen LogP contribution in [-0.2, 0) is 16.0 Å². The lowest BCUT2D eigenvalue weighted by atomic mass is 9.94. The highest BCUT2D eigenvalue weighted by atomic mass is 16.4. The van der Waals surface area contributed by atoms with E-state index in [1.807, 2.05) is 24.4 Å². The molecule has 0 radical (unpaired) electrons. The molecule has 1 aliphatic carbocycles. The molecule has 5 nitrogen and oxygen atoms in total. The normalized spacial score (nSPS) is 26.0. The van der Waals surface area contributed by atoms with Gasteiger partial charge in [-0.25, -0.2) is 4.79 Å². The van der Waals surface area contributed by atoms with Crippen molar-refractivity contribution in [2.24, 2.45) is 11.8 Å². The predicted octanol–water partition coefficient (Wildman–Crippen LogP) is 2.81. The highest BCUT2D eigenvalue weighted by molar-refractivity contribution is 5.85. The van der Waals surface area contributed by atoms with Crippen LogP contribution < -0.4 is 0 Å². The van der Waals surface area contributed by atoms with Gasteiger partial charge in [0.2, 0.25) is 5.91 Å². The van der Waals surface area contributed by atoms with Crippen LogP contribution in [0.1, 0.15) is 31.2 Å². The van der Waals surface area contributed by atoms with Gasteiger partial charge >= 0.3 is 5.97 Å². The van der Waals surface area contributed by atoms with Crippen LogP contribution in [0.4, 0.5) is 0 Å². The van der Waals surface area contributed by atoms with Crippen molar-refractivity contribution in [1.29, 1.82) is 0 Å². The van der Waals surface area contributed by atoms with Gasteiger partial charge in [-0.05, 0) is 60.2 Å². The number of fused-ring (bicyclic) bond motifs is 2. The maximum Gasteiger partial charge on any atom is 0.326 e. The Morgan fingerprint density at radius 2 is 2.12 bits per heavy atom. The van der Waals surface area contributed by atoms with Crippen molar-refractivity contribution in [1.82, 2.24) is 9.88 Å². The molecule has 126 valence electrons. The number of aliphatic carboxylic acids is 1. The fraction of sp³-hybridized carbons (Fsp3) is 0.474. The van der Waals surface area contributed by atoms with Crippen molar-refractivity contribution in [3.05, 3.63) is 36.0 Å². The molecule has 2 heterocycles. The number of nitrogens with zero attached hydrogens (tertiary/aromatic N) is 1. The zero-order chi connectivity index (χ0) is 16.7. The van der Waals surface area contributed by atoms with E-state index in [4.69, 9.17) is 0 Å². The van der Waals surface area contributed by atoms with Crippen molar-refractivity contribution < 1.29 is 14.7 Å². The molecule has 1 saturated heterocycles. The predicted molar refractivity (Wildman–Crippen MR) is 90.6 cm³/mol. The van der Waals surface area contributed by atoms with Gasteiger partial charge in [-0.2, -0.15) is 0 Å². The van der Waals surface area contributed by atoms with Crippen LogP contribution in [-0.4, -0.2) is 39.5 Å². The third kappa shape index (κ3) is 2.58. The minimum atomic E-state index is -0.841. The standard InChI is InChI=1S/C19H22N2O3/c22-17(7-5-12-4-6-16-13(10-12)8-9-20-16)21-11-14-2-1-3-15(14)18(21)19(23)24/h4,6,8-10,14-15,18,20H,1-3,5,7,11H2,(H,23,24)/t14-,15-,18-/m0/s1. The summed E-state index contributed by atoms with van der Waals surface area (Å²) in [5.41, 5.74) is 2.20. The highest BCUT2D eigenvalue weighted by Gasteiger charge is 2.49. The molecular formula is C19H22N2O3. The number of benzene rings is 1. The van der Waals surface area contributed by atoms with Crippen molar-refractivity contribution >= 4 is 22.8 Å². The van der Waals surface area contributed by atoms with Crippen molar-refractivity contribution in [2.45, 2.75) is 38.1 Å². The number of carbonyl (C=O) groups is 2. The molecule has 5 heteroatoms. The molecule has 1 aromatic heterocycles. The molecule has 1 aromatic carbocycles. The van der Waals surface area contributed by atoms with Crippen molar-refractivity contribution in [3.63, 3.8) is 0 Å². The number of carbonyl (C=O) groups excluding carboxylic acids is 1. The highest BCUT2D eigenvalue weighted by Crippen LogP contribution is 2.42. The Morgan fingerprint density at radius 3 is 2.96 bits per heavy atom. The van der Waals surface area contributed by atoms with Gasteiger partial charge in [0.05, 0.1) is 0 Å². The Labute approximate surface area is 140 Å². The topological polar surface area (TPSA) is 73.4 Å². The van der Waals surface area contributed by atoms with Gasteiger partial charge in [-0.15, -0.1) is 0 Å². The largest absolute Gasteiger partial charge is 0.480 e. The van der Waals surface area contributed by atoms with Gasteiger partial charge in [0.25, 0.3) is 0 Å². The lowest BCUT2D eigenvalue weighted by molar-refractivity contribution is -0.149. The molecular weight excluding hydrogens is 304 g/mol. The first-order chi connectivity index (χ1) is 11.6. The average molecular weight is 326 g/mol. The molecule has 4 rings (SSSR count). The van der Waals surface area contributed by atoms with Crippen molar-refractivity contribution in [3.8, 4) is 0 Å². The summed E-state index contributed by atoms with van der Waals surface area (Å²) in [5.74, 6) is -0.327. The third-order valence-corrected chi connectivity index (χ3v) is 5.71. The second kappa shape index (κ2) is 5.96. The number of carboxylic acids is 1. The number of H-pyrrole nitrogens is 1. The van der Waals surface area contributed by atoms with Crippen molar-refractivity contribution in [2.75, 3.05) is 6.54 Å². The minimum Gasteiger partial charge on any atom is -0.480 e. The number of hydrogen-bond donors (Lipinski definition) is 2. The zero-order valence-corrected chi connectivity index (χ0v) is 13.6. The summed E-state index contributed by atoms with van der Waals surface area (Å²) < 4.78 is 0. The van der Waals surface area contributed by atoms with E-state index in [1.54, 1.807) is 4.90 Å². The molecule has 24 heavy (non-hydrogen) atoms. The average Bonchev–Trinajstić information content (AvgIpc) is 3.25. The van der Waals surface area contributed by atoms with Gasteiger partial charge in [-0.1, -0.05) is 12.5 Å². The third-order valence-electron chi connectivity index (χ3n) is 5.71. The number of likely N-dealkylation sites (tertiary alicyclic amines) is 1. The molecule has 2 aliphatic rings. The Hall–Kier alpha value is -2.30. The Morgan fingerprint density at radius 1 is 1.25 bits per heavy atom. The number of amides is 1. The lowest BCUT2D eigenvalue weighted by Crippen LogP contribution is -2.43. The minimum absolute atomic E-state index is 0.0223. The molecule has 0 spiro atoms. The molecule has 0 bridgehead atoms. The fourth-order valence-corrected chi connectivity index (χ4v) is 4.53. The van der Waals surface area contributed by atoms with E-state index >= 15 is 0 Å². The van der Waals surface area contributed by atoms with Crippen LogP contribution >= 0.6 is 0 Å². The fourth-order valence-electron chi connectivity index (χ4n) is 4.53. The summed E-state index contributed by atoms with van der Waals surface area (Å²) in [5, 5.41) is 10.7. The second-order valence-corrected chi connectivity index (χ2v) is 7.08. The number of hydrogen-bond acceptors (Lipinski definition) is 2. The summed E-state index contributed by atoms with van der Waals surface area (Å²) in [6.45, 7) is 0.622. The van der Waals surface area contributed by atoms with E-state index in [0.29, 0.717) is 25.3 Å². The summed E-state index contributed by atoms with van der Waals surface area (Å²) in [6, 6.07) is 7.54. The maximum atomic E-state index is 12.6. The maximum absolute atomic E-state index is 12.6. The van der Waals surface area contributed by atoms with E-state index in [9.17, 15) is 14.7 Å².